The molecular weight excluding hydrogens is 1620 g/mol. The minimum absolute atomic E-state index is 0.123. The number of amides is 4. The van der Waals surface area contributed by atoms with Gasteiger partial charge in [0.15, 0.2) is 12.6 Å². The summed E-state index contributed by atoms with van der Waals surface area (Å²) in [6.07, 6.45) is -22.5. The third kappa shape index (κ3) is 31.7. The Hall–Kier alpha value is -5.05. The normalized spacial score (nSPS) is 32.8. The van der Waals surface area contributed by atoms with Gasteiger partial charge in [0.1, 0.15) is 104 Å². The van der Waals surface area contributed by atoms with Crippen LogP contribution in [0, 0.1) is 0 Å². The van der Waals surface area contributed by atoms with Gasteiger partial charge in [0, 0.05) is 46.5 Å². The molecule has 5 saturated heterocycles. The Morgan fingerprint density at radius 2 is 0.820 bits per heavy atom. The zero-order chi connectivity index (χ0) is 90.6. The van der Waals surface area contributed by atoms with Gasteiger partial charge < -0.3 is 171 Å². The fraction of sp³-hybridized carbons (Fsp3) is 0.889. The van der Waals surface area contributed by atoms with E-state index in [1.807, 2.05) is 0 Å². The van der Waals surface area contributed by atoms with Crippen LogP contribution in [0.4, 0.5) is 0 Å². The Kier molecular flexibility index (Phi) is 47.9. The van der Waals surface area contributed by atoms with Crippen molar-refractivity contribution in [2.24, 2.45) is 0 Å². The molecule has 4 amide bonds. The minimum atomic E-state index is -3.57. The van der Waals surface area contributed by atoms with Gasteiger partial charge in [-0.3, -0.25) is 19.2 Å². The summed E-state index contributed by atoms with van der Waals surface area (Å²) in [5, 5.41) is 235. The maximum Gasteiger partial charge on any atom is 0.364 e. The van der Waals surface area contributed by atoms with E-state index in [0.717, 1.165) is 85.0 Å². The first-order chi connectivity index (χ1) is 58.0. The molecule has 708 valence electrons. The maximum atomic E-state index is 13.8. The van der Waals surface area contributed by atoms with Crippen LogP contribution in [-0.4, -0.2) is 366 Å². The highest BCUT2D eigenvalue weighted by Crippen LogP contribution is 2.43. The third-order valence-electron chi connectivity index (χ3n) is 23.0. The summed E-state index contributed by atoms with van der Waals surface area (Å²) in [6.45, 7) is -0.0846. The molecule has 41 nitrogen and oxygen atoms in total. The van der Waals surface area contributed by atoms with Gasteiger partial charge in [-0.2, -0.15) is 0 Å². The van der Waals surface area contributed by atoms with Crippen LogP contribution < -0.4 is 21.3 Å². The molecule has 30 atom stereocenters. The summed E-state index contributed by atoms with van der Waals surface area (Å²) in [4.78, 5) is 92.1. The van der Waals surface area contributed by atoms with Gasteiger partial charge in [-0.15, -0.1) is 0 Å². The number of hydrogen-bond donors (Lipinski definition) is 24. The van der Waals surface area contributed by atoms with E-state index >= 15 is 0 Å². The molecule has 0 aromatic heterocycles. The molecule has 0 spiro atoms. The fourth-order valence-electron chi connectivity index (χ4n) is 16.1. The molecule has 5 aliphatic heterocycles. The summed E-state index contributed by atoms with van der Waals surface area (Å²) < 4.78 is 58.2. The second kappa shape index (κ2) is 54.3. The van der Waals surface area contributed by atoms with E-state index in [1.54, 1.807) is 6.08 Å². The Bertz CT molecular complexity index is 3100. The number of aliphatic hydroxyl groups excluding tert-OH is 17. The van der Waals surface area contributed by atoms with Crippen molar-refractivity contribution < 1.29 is 183 Å². The van der Waals surface area contributed by atoms with Crippen molar-refractivity contribution in [1.82, 2.24) is 21.3 Å². The first-order valence-corrected chi connectivity index (χ1v) is 43.3. The number of rotatable bonds is 59. The lowest BCUT2D eigenvalue weighted by molar-refractivity contribution is -0.388. The molecule has 0 aromatic carbocycles. The minimum Gasteiger partial charge on any atom is -0.477 e. The number of hydrogen-bond acceptors (Lipinski definition) is 34. The van der Waals surface area contributed by atoms with Gasteiger partial charge in [0.2, 0.25) is 23.6 Å². The lowest BCUT2D eigenvalue weighted by Gasteiger charge is -2.51. The fourth-order valence-corrected chi connectivity index (χ4v) is 16.1. The number of carboxylic acids is 3. The van der Waals surface area contributed by atoms with Gasteiger partial charge in [0.05, 0.1) is 88.2 Å². The van der Waals surface area contributed by atoms with Crippen molar-refractivity contribution in [3.8, 4) is 0 Å². The highest BCUT2D eigenvalue weighted by molar-refractivity contribution is 5.79. The van der Waals surface area contributed by atoms with Crippen molar-refractivity contribution >= 4 is 41.5 Å². The molecule has 122 heavy (non-hydrogen) atoms. The quantitative estimate of drug-likeness (QED) is 0.0221. The zero-order valence-corrected chi connectivity index (χ0v) is 70.8. The molecule has 0 aromatic rings. The molecule has 41 heteroatoms. The Balaban J connectivity index is 1.36. The first-order valence-electron chi connectivity index (χ1n) is 43.3. The number of carbonyl (C=O) groups is 7. The predicted octanol–water partition coefficient (Wildman–Crippen LogP) is -2.49. The molecule has 24 N–H and O–H groups in total. The van der Waals surface area contributed by atoms with Crippen LogP contribution in [0.25, 0.3) is 0 Å². The Labute approximate surface area is 711 Å². The lowest BCUT2D eigenvalue weighted by atomic mass is 9.86. The summed E-state index contributed by atoms with van der Waals surface area (Å²) >= 11 is 0. The van der Waals surface area contributed by atoms with E-state index in [-0.39, 0.29) is 6.42 Å². The predicted molar refractivity (Wildman–Crippen MR) is 424 cm³/mol. The van der Waals surface area contributed by atoms with Crippen LogP contribution in [0.2, 0.25) is 0 Å². The number of unbranched alkanes of at least 4 members (excludes halogenated alkanes) is 25. The van der Waals surface area contributed by atoms with Crippen molar-refractivity contribution in [1.29, 1.82) is 0 Å². The maximum absolute atomic E-state index is 13.8. The van der Waals surface area contributed by atoms with Crippen molar-refractivity contribution in [2.75, 3.05) is 39.6 Å². The number of aliphatic carboxylic acids is 3. The topological polar surface area (TPSA) is 665 Å². The number of allylic oxidation sites excluding steroid dienone is 1. The zero-order valence-electron chi connectivity index (χ0n) is 70.8. The number of carbonyl (C=O) groups excluding carboxylic acids is 4. The smallest absolute Gasteiger partial charge is 0.364 e. The monoisotopic (exact) mass is 1760 g/mol. The summed E-state index contributed by atoms with van der Waals surface area (Å²) in [5.74, 6) is -20.6. The summed E-state index contributed by atoms with van der Waals surface area (Å²) in [6, 6.07) is -7.02. The molecule has 0 bridgehead atoms. The van der Waals surface area contributed by atoms with Gasteiger partial charge in [-0.05, 0) is 19.3 Å². The van der Waals surface area contributed by atoms with Crippen LogP contribution in [0.15, 0.2) is 12.2 Å². The standard InChI is InChI=1S/C81H142N4O37/c1-6-8-10-12-14-16-18-20-21-23-25-27-29-31-33-35-58(99)85-48(49(94)34-32-30-28-26-24-22-19-17-15-13-11-9-7-2)44-113-74-67(105)66(104)69(57(43-90)115-74)116-75-68(106)73(63(101)54(40-87)114-75)122-81(78(111)112)38-52(97)61(84-47(5)93)72(121-81)65(103)56(42-89)118-80(77(109)110)37-51(96)60(83-46(4)92)71(120-80)64(102)55(41-88)117-79(76(107)108)36-50(95)59(82-45(3)91)70(119-79)62(100)53(98)39-86/h32,34,48-57,59-75,86-90,94-98,100-106H,6-31,33,35-44H2,1-5H3,(H,82,91)(H,83,92)(H,84,93)(H,85,99)(H,107,108)(H,109,110)(H,111,112)/t48-,49+,50-,51-,52-,53+,54+,55+,56+,57+,59+,60+,61+,62+,63-,64+,65+,66+,67+,68+,69+,70?,71?,72?,73-,74+,75-,79+,80+,81-/m0/s1. The molecule has 5 aliphatic rings. The first kappa shape index (κ1) is 107. The Morgan fingerprint density at radius 1 is 0.443 bits per heavy atom. The van der Waals surface area contributed by atoms with Gasteiger partial charge >= 0.3 is 17.9 Å². The van der Waals surface area contributed by atoms with E-state index < -0.39 is 283 Å². The number of ether oxygens (including phenoxy) is 10. The number of carboxylic acid groups (broad SMARTS) is 3. The van der Waals surface area contributed by atoms with E-state index in [9.17, 15) is 136 Å². The second-order valence-corrected chi connectivity index (χ2v) is 32.9. The van der Waals surface area contributed by atoms with Gasteiger partial charge in [0.25, 0.3) is 17.4 Å². The van der Waals surface area contributed by atoms with E-state index in [1.165, 1.54) is 102 Å². The van der Waals surface area contributed by atoms with Crippen LogP contribution in [0.5, 0.6) is 0 Å². The average molecular weight is 1760 g/mol. The number of nitrogens with one attached hydrogen (secondary N) is 4. The van der Waals surface area contributed by atoms with Crippen molar-refractivity contribution in [2.45, 2.75) is 416 Å². The molecule has 5 fully saturated rings. The number of aliphatic hydroxyl groups is 17. The van der Waals surface area contributed by atoms with Crippen molar-refractivity contribution in [3.63, 3.8) is 0 Å². The van der Waals surface area contributed by atoms with Crippen molar-refractivity contribution in [3.05, 3.63) is 12.2 Å². The van der Waals surface area contributed by atoms with Crippen LogP contribution >= 0.6 is 0 Å². The molecule has 0 aliphatic carbocycles. The second-order valence-electron chi connectivity index (χ2n) is 32.9. The molecule has 5 rings (SSSR count). The van der Waals surface area contributed by atoms with E-state index in [4.69, 9.17) is 47.4 Å². The molecule has 0 saturated carbocycles. The Morgan fingerprint density at radius 3 is 1.20 bits per heavy atom. The van der Waals surface area contributed by atoms with Crippen LogP contribution in [0.3, 0.4) is 0 Å². The molecule has 3 unspecified atom stereocenters. The summed E-state index contributed by atoms with van der Waals surface area (Å²) in [5.41, 5.74) is 0. The third-order valence-corrected chi connectivity index (χ3v) is 23.0. The summed E-state index contributed by atoms with van der Waals surface area (Å²) in [7, 11) is 0. The lowest BCUT2D eigenvalue weighted by Crippen LogP contribution is -2.72. The molecule has 0 radical (unpaired) electrons. The SMILES string of the molecule is CCCCCCCCCCCCCC=C[C@@H](O)[C@H](CO[C@@H]1O[C@H](CO)[C@@H](O[C@@H]2O[C@H](CO)[C@H](O)[C@H](O[C@]3(C(=O)O)C[C@H](O)[C@@H](NC(C)=O)C([C@H](O)[C@@H](CO)O[C@]4(C(=O)O)C[C@H](O)[C@@H](NC(C)=O)C([C@H](O)[C@@H](CO)O[C@]5(C(=O)O)C[C@H](O)[C@@H](NC(C)=O)C([C@H](O)[C@H](O)CO)O5)O4)O3)[C@H]2O)[C@H](O)[C@H]1O)NC(=O)CCCCCCCCCCCCCCCCC. The molecular formula is C81H142N4O37. The van der Waals surface area contributed by atoms with Gasteiger partial charge in [-0.1, -0.05) is 180 Å². The van der Waals surface area contributed by atoms with E-state index in [2.05, 4.69) is 35.1 Å². The molecule has 5 heterocycles. The van der Waals surface area contributed by atoms with E-state index in [0.29, 0.717) is 12.8 Å². The van der Waals surface area contributed by atoms with Crippen LogP contribution in [0.1, 0.15) is 234 Å². The average Bonchev–Trinajstić information content (AvgIpc) is 0.748. The largest absolute Gasteiger partial charge is 0.477 e. The highest BCUT2D eigenvalue weighted by Gasteiger charge is 2.64. The van der Waals surface area contributed by atoms with Crippen LogP contribution in [-0.2, 0) is 80.9 Å². The van der Waals surface area contributed by atoms with Gasteiger partial charge in [-0.25, -0.2) is 14.4 Å². The highest BCUT2D eigenvalue weighted by atomic mass is 16.8.